The third kappa shape index (κ3) is 7.13. The predicted octanol–water partition coefficient (Wildman–Crippen LogP) is 13.8. The van der Waals surface area contributed by atoms with Crippen LogP contribution in [-0.2, 0) is 0 Å². The smallest absolute Gasteiger partial charge is 0.166 e. The second kappa shape index (κ2) is 17.3. The van der Waals surface area contributed by atoms with Gasteiger partial charge in [-0.3, -0.25) is 0 Å². The van der Waals surface area contributed by atoms with E-state index in [-0.39, 0.29) is 0 Å². The van der Waals surface area contributed by atoms with Crippen molar-refractivity contribution in [2.75, 3.05) is 0 Å². The first kappa shape index (κ1) is 42.4. The summed E-state index contributed by atoms with van der Waals surface area (Å²) < 4.78 is 4.30. The van der Waals surface area contributed by atoms with Gasteiger partial charge in [0.05, 0.1) is 91.6 Å². The number of nitriles is 5. The van der Waals surface area contributed by atoms with Crippen LogP contribution >= 0.6 is 0 Å². The first-order valence-corrected chi connectivity index (χ1v) is 22.9. The van der Waals surface area contributed by atoms with Crippen molar-refractivity contribution >= 4 is 43.6 Å². The van der Waals surface area contributed by atoms with Gasteiger partial charge < -0.3 is 9.13 Å². The number of fused-ring (bicyclic) bond motifs is 6. The SMILES string of the molecule is N#Cc1cccc(-c2ccc(-n3c4ccc(C#N)cc4c4cc(C#N)ccc43)c(-c3ccc(-n4c5ccc(C#N)cc5c5cc(C#N)ccc54)c(-c4nc(-c5ccccc5)nc(-c5ccccc5)n4)c3)c2)c1. The first-order valence-electron chi connectivity index (χ1n) is 22.9. The second-order valence-electron chi connectivity index (χ2n) is 17.2. The Morgan fingerprint density at radius 3 is 1.08 bits per heavy atom. The van der Waals surface area contributed by atoms with Crippen molar-refractivity contribution in [2.45, 2.75) is 0 Å². The maximum absolute atomic E-state index is 10.1. The molecule has 0 unspecified atom stereocenters. The molecule has 12 aromatic rings. The van der Waals surface area contributed by atoms with Crippen LogP contribution in [0, 0.1) is 56.7 Å². The highest BCUT2D eigenvalue weighted by Crippen LogP contribution is 2.43. The largest absolute Gasteiger partial charge is 0.309 e. The summed E-state index contributed by atoms with van der Waals surface area (Å²) >= 11 is 0. The molecule has 0 radical (unpaired) electrons. The summed E-state index contributed by atoms with van der Waals surface area (Å²) in [7, 11) is 0. The molecule has 330 valence electrons. The number of benzene rings is 9. The molecular weight excluding hydrogens is 885 g/mol. The van der Waals surface area contributed by atoms with Crippen molar-refractivity contribution in [3.63, 3.8) is 0 Å². The zero-order chi connectivity index (χ0) is 48.9. The monoisotopic (exact) mass is 916 g/mol. The van der Waals surface area contributed by atoms with Gasteiger partial charge in [-0.2, -0.15) is 26.3 Å². The number of nitrogens with zero attached hydrogens (tertiary/aromatic N) is 10. The molecule has 0 aliphatic rings. The zero-order valence-corrected chi connectivity index (χ0v) is 37.9. The van der Waals surface area contributed by atoms with E-state index in [1.54, 1.807) is 30.3 Å². The molecule has 3 aromatic heterocycles. The van der Waals surface area contributed by atoms with Gasteiger partial charge in [-0.25, -0.2) is 15.0 Å². The molecule has 0 N–H and O–H groups in total. The van der Waals surface area contributed by atoms with Gasteiger partial charge >= 0.3 is 0 Å². The molecule has 72 heavy (non-hydrogen) atoms. The molecule has 0 saturated carbocycles. The molecular formula is C62H32N10. The van der Waals surface area contributed by atoms with Crippen LogP contribution in [0.4, 0.5) is 0 Å². The Morgan fingerprint density at radius 2 is 0.639 bits per heavy atom. The summed E-state index contributed by atoms with van der Waals surface area (Å²) in [4.78, 5) is 15.6. The lowest BCUT2D eigenvalue weighted by molar-refractivity contribution is 1.06. The van der Waals surface area contributed by atoms with Crippen LogP contribution in [-0.4, -0.2) is 24.1 Å². The quantitative estimate of drug-likeness (QED) is 0.152. The van der Waals surface area contributed by atoms with Crippen LogP contribution in [0.15, 0.2) is 194 Å². The molecule has 0 saturated heterocycles. The summed E-state index contributed by atoms with van der Waals surface area (Å²) in [6.07, 6.45) is 0. The normalized spacial score (nSPS) is 11.0. The molecule has 3 heterocycles. The Labute approximate surface area is 412 Å². The Hall–Kier alpha value is -11.0. The van der Waals surface area contributed by atoms with Gasteiger partial charge in [0.15, 0.2) is 17.5 Å². The summed E-state index contributed by atoms with van der Waals surface area (Å²) in [5, 5.41) is 53.4. The minimum Gasteiger partial charge on any atom is -0.309 e. The van der Waals surface area contributed by atoms with Crippen LogP contribution < -0.4 is 0 Å². The van der Waals surface area contributed by atoms with E-state index in [2.05, 4.69) is 69.8 Å². The fraction of sp³-hybridized carbons (Fsp3) is 0. The molecule has 0 fully saturated rings. The van der Waals surface area contributed by atoms with Gasteiger partial charge in [0.1, 0.15) is 0 Å². The third-order valence-electron chi connectivity index (χ3n) is 13.1. The van der Waals surface area contributed by atoms with Crippen molar-refractivity contribution in [3.05, 3.63) is 222 Å². The number of hydrogen-bond acceptors (Lipinski definition) is 8. The Bertz CT molecular complexity index is 4250. The minimum atomic E-state index is 0.404. The Balaban J connectivity index is 1.20. The number of hydrogen-bond donors (Lipinski definition) is 0. The van der Waals surface area contributed by atoms with Crippen molar-refractivity contribution in [2.24, 2.45) is 0 Å². The van der Waals surface area contributed by atoms with E-state index in [1.165, 1.54) is 0 Å². The van der Waals surface area contributed by atoms with E-state index in [0.29, 0.717) is 50.9 Å². The second-order valence-corrected chi connectivity index (χ2v) is 17.2. The molecule has 0 aliphatic carbocycles. The average Bonchev–Trinajstić information content (AvgIpc) is 3.95. The van der Waals surface area contributed by atoms with E-state index < -0.39 is 0 Å². The van der Waals surface area contributed by atoms with Crippen molar-refractivity contribution in [3.8, 4) is 98.1 Å². The minimum absolute atomic E-state index is 0.404. The molecule has 0 bridgehead atoms. The zero-order valence-electron chi connectivity index (χ0n) is 37.9. The molecule has 10 nitrogen and oxygen atoms in total. The average molecular weight is 917 g/mol. The van der Waals surface area contributed by atoms with E-state index >= 15 is 0 Å². The van der Waals surface area contributed by atoms with E-state index in [4.69, 9.17) is 15.0 Å². The molecule has 0 atom stereocenters. The maximum atomic E-state index is 10.1. The van der Waals surface area contributed by atoms with Gasteiger partial charge in [-0.05, 0) is 126 Å². The lowest BCUT2D eigenvalue weighted by Crippen LogP contribution is -2.04. The van der Waals surface area contributed by atoms with Crippen molar-refractivity contribution in [1.82, 2.24) is 24.1 Å². The fourth-order valence-corrected chi connectivity index (χ4v) is 9.76. The Morgan fingerprint density at radius 1 is 0.278 bits per heavy atom. The van der Waals surface area contributed by atoms with E-state index in [1.807, 2.05) is 133 Å². The third-order valence-corrected chi connectivity index (χ3v) is 13.1. The molecule has 12 rings (SSSR count). The van der Waals surface area contributed by atoms with Gasteiger partial charge in [0.2, 0.25) is 0 Å². The molecule has 0 amide bonds. The molecule has 0 aliphatic heterocycles. The summed E-state index contributed by atoms with van der Waals surface area (Å²) in [6, 6.07) is 73.5. The maximum Gasteiger partial charge on any atom is 0.166 e. The van der Waals surface area contributed by atoms with Crippen LogP contribution in [0.5, 0.6) is 0 Å². The van der Waals surface area contributed by atoms with Gasteiger partial charge in [-0.1, -0.05) is 84.9 Å². The van der Waals surface area contributed by atoms with Crippen LogP contribution in [0.3, 0.4) is 0 Å². The van der Waals surface area contributed by atoms with Gasteiger partial charge in [0.25, 0.3) is 0 Å². The number of aromatic nitrogens is 5. The summed E-state index contributed by atoms with van der Waals surface area (Å²) in [6.45, 7) is 0. The van der Waals surface area contributed by atoms with Gasteiger partial charge in [0, 0.05) is 43.8 Å². The van der Waals surface area contributed by atoms with Crippen molar-refractivity contribution in [1.29, 1.82) is 26.3 Å². The lowest BCUT2D eigenvalue weighted by Gasteiger charge is -2.19. The van der Waals surface area contributed by atoms with Crippen LogP contribution in [0.1, 0.15) is 27.8 Å². The molecule has 0 spiro atoms. The topological polar surface area (TPSA) is 167 Å². The highest BCUT2D eigenvalue weighted by Gasteiger charge is 2.24. The standard InChI is InChI=1S/C62H32N10/c63-33-38-8-7-13-45(26-38)46-18-24-54(71-55-20-14-39(34-64)27-49(55)50-28-40(35-65)15-21-56(50)71)48(31-46)47-19-25-59(72-57-22-16-41(36-66)29-51(57)52-30-42(37-67)17-23-58(52)72)53(32-47)62-69-60(43-9-3-1-4-10-43)68-61(70-62)44-11-5-2-6-12-44/h1-32H. The van der Waals surface area contributed by atoms with E-state index in [9.17, 15) is 26.3 Å². The summed E-state index contributed by atoms with van der Waals surface area (Å²) in [5.41, 5.74) is 13.0. The highest BCUT2D eigenvalue weighted by molar-refractivity contribution is 6.12. The van der Waals surface area contributed by atoms with E-state index in [0.717, 1.165) is 88.4 Å². The lowest BCUT2D eigenvalue weighted by atomic mass is 9.94. The number of rotatable bonds is 7. The summed E-state index contributed by atoms with van der Waals surface area (Å²) in [5.74, 6) is 1.37. The van der Waals surface area contributed by atoms with Crippen molar-refractivity contribution < 1.29 is 0 Å². The predicted molar refractivity (Wildman–Crippen MR) is 279 cm³/mol. The first-order chi connectivity index (χ1) is 35.4. The Kier molecular flexibility index (Phi) is 10.2. The highest BCUT2D eigenvalue weighted by atomic mass is 15.1. The van der Waals surface area contributed by atoms with Crippen LogP contribution in [0.2, 0.25) is 0 Å². The molecule has 9 aromatic carbocycles. The van der Waals surface area contributed by atoms with Crippen LogP contribution in [0.25, 0.3) is 111 Å². The van der Waals surface area contributed by atoms with Gasteiger partial charge in [-0.15, -0.1) is 0 Å². The fourth-order valence-electron chi connectivity index (χ4n) is 9.76. The molecule has 10 heteroatoms.